The number of fused-ring (bicyclic) bond motifs is 2. The standard InChI is InChI=1S/C24H17ClN2O3/c1-13-7-10-21-19(11-13)27-24(30-21)17-12-15(8-9-18(17)25)26-23(28)22-14(2)16-5-3-4-6-20(16)29-22/h3-12H,1-2H3,(H,26,28). The molecule has 0 radical (unpaired) electrons. The molecular weight excluding hydrogens is 400 g/mol. The van der Waals surface area contributed by atoms with Crippen LogP contribution in [0.15, 0.2) is 69.5 Å². The predicted molar refractivity (Wildman–Crippen MR) is 118 cm³/mol. The minimum atomic E-state index is -0.329. The minimum Gasteiger partial charge on any atom is -0.451 e. The maximum Gasteiger partial charge on any atom is 0.291 e. The molecule has 5 rings (SSSR count). The molecule has 0 spiro atoms. The number of nitrogens with one attached hydrogen (secondary N) is 1. The van der Waals surface area contributed by atoms with E-state index in [1.807, 2.05) is 56.3 Å². The van der Waals surface area contributed by atoms with Gasteiger partial charge in [0.1, 0.15) is 11.1 Å². The van der Waals surface area contributed by atoms with Crippen molar-refractivity contribution in [3.8, 4) is 11.5 Å². The van der Waals surface area contributed by atoms with Gasteiger partial charge < -0.3 is 14.2 Å². The maximum atomic E-state index is 12.8. The molecule has 148 valence electrons. The van der Waals surface area contributed by atoms with Crippen LogP contribution in [0, 0.1) is 13.8 Å². The number of halogens is 1. The normalized spacial score (nSPS) is 11.3. The number of oxazole rings is 1. The molecule has 2 aromatic heterocycles. The number of anilines is 1. The highest BCUT2D eigenvalue weighted by Crippen LogP contribution is 2.33. The highest BCUT2D eigenvalue weighted by atomic mass is 35.5. The molecule has 5 nitrogen and oxygen atoms in total. The van der Waals surface area contributed by atoms with E-state index in [-0.39, 0.29) is 11.7 Å². The molecule has 0 fully saturated rings. The van der Waals surface area contributed by atoms with E-state index in [0.29, 0.717) is 33.3 Å². The quantitative estimate of drug-likeness (QED) is 0.352. The molecule has 3 aromatic carbocycles. The minimum absolute atomic E-state index is 0.282. The lowest BCUT2D eigenvalue weighted by Crippen LogP contribution is -2.12. The van der Waals surface area contributed by atoms with Crippen molar-refractivity contribution in [3.05, 3.63) is 82.6 Å². The zero-order valence-electron chi connectivity index (χ0n) is 16.3. The second-order valence-corrected chi connectivity index (χ2v) is 7.60. The lowest BCUT2D eigenvalue weighted by atomic mass is 10.1. The number of para-hydroxylation sites is 1. The summed E-state index contributed by atoms with van der Waals surface area (Å²) in [5.41, 5.74) is 5.18. The van der Waals surface area contributed by atoms with Crippen LogP contribution >= 0.6 is 11.6 Å². The average molecular weight is 417 g/mol. The van der Waals surface area contributed by atoms with Crippen molar-refractivity contribution in [1.29, 1.82) is 0 Å². The molecule has 0 unspecified atom stereocenters. The van der Waals surface area contributed by atoms with Crippen molar-refractivity contribution in [1.82, 2.24) is 4.98 Å². The summed E-state index contributed by atoms with van der Waals surface area (Å²) in [7, 11) is 0. The Balaban J connectivity index is 1.49. The first-order valence-corrected chi connectivity index (χ1v) is 9.84. The Morgan fingerprint density at radius 1 is 0.967 bits per heavy atom. The second-order valence-electron chi connectivity index (χ2n) is 7.19. The molecule has 0 aliphatic carbocycles. The summed E-state index contributed by atoms with van der Waals surface area (Å²) in [4.78, 5) is 17.4. The largest absolute Gasteiger partial charge is 0.451 e. The predicted octanol–water partition coefficient (Wildman–Crippen LogP) is 6.76. The number of carbonyl (C=O) groups excluding carboxylic acids is 1. The zero-order chi connectivity index (χ0) is 20.8. The molecule has 0 bridgehead atoms. The number of hydrogen-bond donors (Lipinski definition) is 1. The molecule has 6 heteroatoms. The summed E-state index contributed by atoms with van der Waals surface area (Å²) in [6.07, 6.45) is 0. The third kappa shape index (κ3) is 3.13. The van der Waals surface area contributed by atoms with E-state index in [0.717, 1.165) is 22.0 Å². The van der Waals surface area contributed by atoms with E-state index < -0.39 is 0 Å². The van der Waals surface area contributed by atoms with Crippen LogP contribution in [0.3, 0.4) is 0 Å². The molecule has 0 aliphatic heterocycles. The number of nitrogens with zero attached hydrogens (tertiary/aromatic N) is 1. The molecular formula is C24H17ClN2O3. The first-order chi connectivity index (χ1) is 14.5. The molecule has 1 amide bonds. The lowest BCUT2D eigenvalue weighted by molar-refractivity contribution is 0.0998. The topological polar surface area (TPSA) is 68.3 Å². The Morgan fingerprint density at radius 3 is 2.63 bits per heavy atom. The van der Waals surface area contributed by atoms with Crippen LogP contribution in [0.1, 0.15) is 21.7 Å². The van der Waals surface area contributed by atoms with Gasteiger partial charge in [0.25, 0.3) is 5.91 Å². The molecule has 30 heavy (non-hydrogen) atoms. The Labute approximate surface area is 177 Å². The number of amides is 1. The number of aryl methyl sites for hydroxylation is 2. The van der Waals surface area contributed by atoms with E-state index >= 15 is 0 Å². The molecule has 2 heterocycles. The van der Waals surface area contributed by atoms with Crippen LogP contribution in [-0.2, 0) is 0 Å². The maximum absolute atomic E-state index is 12.8. The Kier molecular flexibility index (Phi) is 4.33. The summed E-state index contributed by atoms with van der Waals surface area (Å²) in [5, 5.41) is 4.28. The summed E-state index contributed by atoms with van der Waals surface area (Å²) in [6, 6.07) is 18.5. The van der Waals surface area contributed by atoms with E-state index in [9.17, 15) is 4.79 Å². The smallest absolute Gasteiger partial charge is 0.291 e. The number of aromatic nitrogens is 1. The fourth-order valence-electron chi connectivity index (χ4n) is 3.50. The van der Waals surface area contributed by atoms with Gasteiger partial charge in [-0.3, -0.25) is 4.79 Å². The highest BCUT2D eigenvalue weighted by molar-refractivity contribution is 6.33. The third-order valence-corrected chi connectivity index (χ3v) is 5.38. The Morgan fingerprint density at radius 2 is 1.80 bits per heavy atom. The average Bonchev–Trinajstić information content (AvgIpc) is 3.30. The van der Waals surface area contributed by atoms with Gasteiger partial charge in [-0.15, -0.1) is 0 Å². The van der Waals surface area contributed by atoms with Gasteiger partial charge in [0.15, 0.2) is 11.3 Å². The van der Waals surface area contributed by atoms with E-state index in [1.165, 1.54) is 0 Å². The van der Waals surface area contributed by atoms with Crippen molar-refractivity contribution in [2.24, 2.45) is 0 Å². The van der Waals surface area contributed by atoms with Gasteiger partial charge in [-0.05, 0) is 55.8 Å². The summed E-state index contributed by atoms with van der Waals surface area (Å²) < 4.78 is 11.6. The van der Waals surface area contributed by atoms with E-state index in [1.54, 1.807) is 18.2 Å². The summed E-state index contributed by atoms with van der Waals surface area (Å²) >= 11 is 6.39. The van der Waals surface area contributed by atoms with E-state index in [4.69, 9.17) is 20.4 Å². The van der Waals surface area contributed by atoms with Crippen LogP contribution in [0.2, 0.25) is 5.02 Å². The van der Waals surface area contributed by atoms with Gasteiger partial charge in [0, 0.05) is 16.6 Å². The fraction of sp³-hybridized carbons (Fsp3) is 0.0833. The van der Waals surface area contributed by atoms with E-state index in [2.05, 4.69) is 10.3 Å². The van der Waals surface area contributed by atoms with Gasteiger partial charge >= 0.3 is 0 Å². The van der Waals surface area contributed by atoms with Crippen LogP contribution in [-0.4, -0.2) is 10.9 Å². The van der Waals surface area contributed by atoms with Crippen LogP contribution < -0.4 is 5.32 Å². The third-order valence-electron chi connectivity index (χ3n) is 5.05. The second kappa shape index (κ2) is 7.04. The van der Waals surface area contributed by atoms with Gasteiger partial charge in [-0.25, -0.2) is 4.98 Å². The van der Waals surface area contributed by atoms with Gasteiger partial charge in [0.2, 0.25) is 5.89 Å². The number of carbonyl (C=O) groups is 1. The van der Waals surface area contributed by atoms with Crippen molar-refractivity contribution in [2.75, 3.05) is 5.32 Å². The molecule has 5 aromatic rings. The summed E-state index contributed by atoms with van der Waals surface area (Å²) in [5.74, 6) is 0.354. The fourth-order valence-corrected chi connectivity index (χ4v) is 3.70. The molecule has 1 N–H and O–H groups in total. The van der Waals surface area contributed by atoms with Crippen LogP contribution in [0.4, 0.5) is 5.69 Å². The highest BCUT2D eigenvalue weighted by Gasteiger charge is 2.19. The monoisotopic (exact) mass is 416 g/mol. The van der Waals surface area contributed by atoms with Crippen molar-refractivity contribution in [2.45, 2.75) is 13.8 Å². The molecule has 0 aliphatic rings. The first-order valence-electron chi connectivity index (χ1n) is 9.46. The molecule has 0 atom stereocenters. The number of rotatable bonds is 3. The SMILES string of the molecule is Cc1ccc2oc(-c3cc(NC(=O)c4oc5ccccc5c4C)ccc3Cl)nc2c1. The molecule has 0 saturated heterocycles. The number of hydrogen-bond acceptors (Lipinski definition) is 4. The lowest BCUT2D eigenvalue weighted by Gasteiger charge is -2.07. The van der Waals surface area contributed by atoms with Crippen molar-refractivity contribution in [3.63, 3.8) is 0 Å². The Hall–Kier alpha value is -3.57. The zero-order valence-corrected chi connectivity index (χ0v) is 17.1. The Bertz CT molecular complexity index is 1430. The molecule has 0 saturated carbocycles. The van der Waals surface area contributed by atoms with Crippen molar-refractivity contribution >= 4 is 45.3 Å². The summed E-state index contributed by atoms with van der Waals surface area (Å²) in [6.45, 7) is 3.87. The van der Waals surface area contributed by atoms with Gasteiger partial charge in [-0.1, -0.05) is 35.9 Å². The first kappa shape index (κ1) is 18.5. The van der Waals surface area contributed by atoms with Crippen LogP contribution in [0.25, 0.3) is 33.5 Å². The van der Waals surface area contributed by atoms with Crippen molar-refractivity contribution < 1.29 is 13.6 Å². The van der Waals surface area contributed by atoms with Gasteiger partial charge in [0.05, 0.1) is 10.6 Å². The van der Waals surface area contributed by atoms with Gasteiger partial charge in [-0.2, -0.15) is 0 Å². The number of furan rings is 1. The van der Waals surface area contributed by atoms with Crippen LogP contribution in [0.5, 0.6) is 0 Å². The number of benzene rings is 3.